The molecule has 1 N–H and O–H groups in total. The first-order valence-corrected chi connectivity index (χ1v) is 8.28. The van der Waals surface area contributed by atoms with Crippen LogP contribution >= 0.6 is 11.3 Å². The van der Waals surface area contributed by atoms with Gasteiger partial charge in [0.15, 0.2) is 0 Å². The smallest absolute Gasteiger partial charge is 0.124 e. The van der Waals surface area contributed by atoms with E-state index in [1.54, 1.807) is 0 Å². The number of nitrogens with one attached hydrogen (secondary N) is 1. The number of rotatable bonds is 6. The molecule has 2 aromatic rings. The van der Waals surface area contributed by atoms with Gasteiger partial charge in [0.1, 0.15) is 5.01 Å². The Bertz CT molecular complexity index is 587. The molecule has 3 nitrogen and oxygen atoms in total. The van der Waals surface area contributed by atoms with Crippen molar-refractivity contribution in [3.8, 4) is 10.6 Å². The predicted molar refractivity (Wildman–Crippen MR) is 84.0 cm³/mol. The van der Waals surface area contributed by atoms with Crippen molar-refractivity contribution in [1.29, 1.82) is 0 Å². The van der Waals surface area contributed by atoms with E-state index in [1.807, 2.05) is 23.7 Å². The third-order valence-corrected chi connectivity index (χ3v) is 4.89. The highest BCUT2D eigenvalue weighted by molar-refractivity contribution is 7.15. The van der Waals surface area contributed by atoms with Gasteiger partial charge in [0.2, 0.25) is 0 Å². The second-order valence-corrected chi connectivity index (χ2v) is 6.37. The maximum atomic E-state index is 4.86. The van der Waals surface area contributed by atoms with Crippen LogP contribution in [-0.2, 0) is 19.4 Å². The van der Waals surface area contributed by atoms with E-state index in [0.29, 0.717) is 0 Å². The van der Waals surface area contributed by atoms with E-state index in [2.05, 4.69) is 30.2 Å². The fraction of sp³-hybridized carbons (Fsp3) is 0.500. The molecule has 1 fully saturated rings. The van der Waals surface area contributed by atoms with Crippen LogP contribution in [0.4, 0.5) is 0 Å². The molecule has 2 heterocycles. The molecule has 2 aromatic heterocycles. The first kappa shape index (κ1) is 13.7. The van der Waals surface area contributed by atoms with Gasteiger partial charge in [0, 0.05) is 35.4 Å². The van der Waals surface area contributed by atoms with E-state index >= 15 is 0 Å². The van der Waals surface area contributed by atoms with E-state index in [0.717, 1.165) is 30.4 Å². The molecule has 0 spiro atoms. The number of aryl methyl sites for hydroxylation is 2. The molecule has 1 saturated carbocycles. The zero-order chi connectivity index (χ0) is 13.9. The molecule has 0 bridgehead atoms. The van der Waals surface area contributed by atoms with Gasteiger partial charge in [-0.25, -0.2) is 4.98 Å². The summed E-state index contributed by atoms with van der Waals surface area (Å²) in [6.45, 7) is 5.33. The van der Waals surface area contributed by atoms with Crippen LogP contribution in [0.25, 0.3) is 10.6 Å². The summed E-state index contributed by atoms with van der Waals surface area (Å²) in [5.41, 5.74) is 3.78. The fourth-order valence-corrected chi connectivity index (χ4v) is 3.52. The predicted octanol–water partition coefficient (Wildman–Crippen LogP) is 3.58. The molecule has 20 heavy (non-hydrogen) atoms. The lowest BCUT2D eigenvalue weighted by Crippen LogP contribution is -2.15. The second-order valence-electron chi connectivity index (χ2n) is 5.28. The van der Waals surface area contributed by atoms with Crippen LogP contribution in [0, 0.1) is 0 Å². The molecule has 0 unspecified atom stereocenters. The minimum absolute atomic E-state index is 0.748. The first-order chi connectivity index (χ1) is 9.81. The van der Waals surface area contributed by atoms with Crippen LogP contribution in [-0.4, -0.2) is 16.0 Å². The number of thiazole rings is 1. The molecule has 106 valence electrons. The SMILES string of the molecule is CCc1cnccc1-c1nc(CC)c(CNC2CC2)s1. The van der Waals surface area contributed by atoms with Crippen molar-refractivity contribution in [2.75, 3.05) is 0 Å². The maximum Gasteiger partial charge on any atom is 0.124 e. The van der Waals surface area contributed by atoms with Gasteiger partial charge in [0.05, 0.1) is 5.69 Å². The monoisotopic (exact) mass is 287 g/mol. The zero-order valence-electron chi connectivity index (χ0n) is 12.1. The van der Waals surface area contributed by atoms with E-state index < -0.39 is 0 Å². The Kier molecular flexibility index (Phi) is 4.13. The summed E-state index contributed by atoms with van der Waals surface area (Å²) in [7, 11) is 0. The summed E-state index contributed by atoms with van der Waals surface area (Å²) in [5.74, 6) is 0. The van der Waals surface area contributed by atoms with Crippen molar-refractivity contribution in [2.45, 2.75) is 52.1 Å². The summed E-state index contributed by atoms with van der Waals surface area (Å²) in [5, 5.41) is 4.75. The Balaban J connectivity index is 1.88. The van der Waals surface area contributed by atoms with Crippen LogP contribution in [0.2, 0.25) is 0 Å². The lowest BCUT2D eigenvalue weighted by Gasteiger charge is -2.02. The van der Waals surface area contributed by atoms with Gasteiger partial charge in [-0.3, -0.25) is 4.98 Å². The van der Waals surface area contributed by atoms with Crippen LogP contribution in [0.1, 0.15) is 42.8 Å². The van der Waals surface area contributed by atoms with Crippen LogP contribution in [0.15, 0.2) is 18.5 Å². The number of aromatic nitrogens is 2. The van der Waals surface area contributed by atoms with Gasteiger partial charge in [-0.05, 0) is 37.3 Å². The van der Waals surface area contributed by atoms with Gasteiger partial charge >= 0.3 is 0 Å². The Morgan fingerprint density at radius 2 is 2.15 bits per heavy atom. The lowest BCUT2D eigenvalue weighted by atomic mass is 10.1. The van der Waals surface area contributed by atoms with Crippen LogP contribution in [0.3, 0.4) is 0 Å². The van der Waals surface area contributed by atoms with E-state index in [4.69, 9.17) is 4.98 Å². The van der Waals surface area contributed by atoms with Gasteiger partial charge in [-0.15, -0.1) is 11.3 Å². The molecule has 0 aromatic carbocycles. The zero-order valence-corrected chi connectivity index (χ0v) is 13.0. The normalized spacial score (nSPS) is 14.7. The molecular weight excluding hydrogens is 266 g/mol. The standard InChI is InChI=1S/C16H21N3S/c1-3-11-9-17-8-7-13(11)16-19-14(4-2)15(20-16)10-18-12-5-6-12/h7-9,12,18H,3-6,10H2,1-2H3. The number of hydrogen-bond acceptors (Lipinski definition) is 4. The largest absolute Gasteiger partial charge is 0.309 e. The van der Waals surface area contributed by atoms with Crippen molar-refractivity contribution in [3.63, 3.8) is 0 Å². The highest BCUT2D eigenvalue weighted by Crippen LogP contribution is 2.31. The van der Waals surface area contributed by atoms with Gasteiger partial charge in [-0.1, -0.05) is 13.8 Å². The summed E-state index contributed by atoms with van der Waals surface area (Å²) < 4.78 is 0. The van der Waals surface area contributed by atoms with E-state index in [-0.39, 0.29) is 0 Å². The number of nitrogens with zero attached hydrogens (tertiary/aromatic N) is 2. The summed E-state index contributed by atoms with van der Waals surface area (Å²) >= 11 is 1.84. The molecular formula is C16H21N3S. The van der Waals surface area contributed by atoms with Crippen LogP contribution < -0.4 is 5.32 Å². The van der Waals surface area contributed by atoms with Gasteiger partial charge < -0.3 is 5.32 Å². The first-order valence-electron chi connectivity index (χ1n) is 7.47. The average Bonchev–Trinajstić information content (AvgIpc) is 3.23. The third-order valence-electron chi connectivity index (χ3n) is 3.76. The topological polar surface area (TPSA) is 37.8 Å². The summed E-state index contributed by atoms with van der Waals surface area (Å²) in [6, 6.07) is 2.84. The average molecular weight is 287 g/mol. The minimum atomic E-state index is 0.748. The van der Waals surface area contributed by atoms with E-state index in [1.165, 1.54) is 34.5 Å². The summed E-state index contributed by atoms with van der Waals surface area (Å²) in [4.78, 5) is 10.5. The Hall–Kier alpha value is -1.26. The van der Waals surface area contributed by atoms with Crippen molar-refractivity contribution < 1.29 is 0 Å². The molecule has 1 aliphatic carbocycles. The minimum Gasteiger partial charge on any atom is -0.309 e. The van der Waals surface area contributed by atoms with Crippen LogP contribution in [0.5, 0.6) is 0 Å². The van der Waals surface area contributed by atoms with Crippen molar-refractivity contribution in [1.82, 2.24) is 15.3 Å². The number of hydrogen-bond donors (Lipinski definition) is 1. The second kappa shape index (κ2) is 6.02. The molecule has 1 aliphatic rings. The maximum absolute atomic E-state index is 4.86. The van der Waals surface area contributed by atoms with Crippen molar-refractivity contribution >= 4 is 11.3 Å². The highest BCUT2D eigenvalue weighted by atomic mass is 32.1. The third kappa shape index (κ3) is 2.91. The molecule has 0 saturated heterocycles. The number of pyridine rings is 1. The Morgan fingerprint density at radius 1 is 1.30 bits per heavy atom. The molecule has 0 aliphatic heterocycles. The molecule has 3 rings (SSSR count). The highest BCUT2D eigenvalue weighted by Gasteiger charge is 2.21. The molecule has 0 atom stereocenters. The quantitative estimate of drug-likeness (QED) is 0.882. The fourth-order valence-electron chi connectivity index (χ4n) is 2.35. The Morgan fingerprint density at radius 3 is 2.85 bits per heavy atom. The van der Waals surface area contributed by atoms with Crippen molar-refractivity contribution in [3.05, 3.63) is 34.6 Å². The Labute approximate surface area is 124 Å². The lowest BCUT2D eigenvalue weighted by molar-refractivity contribution is 0.689. The van der Waals surface area contributed by atoms with Crippen molar-refractivity contribution in [2.24, 2.45) is 0 Å². The van der Waals surface area contributed by atoms with E-state index in [9.17, 15) is 0 Å². The summed E-state index contributed by atoms with van der Waals surface area (Å²) in [6.07, 6.45) is 8.49. The van der Waals surface area contributed by atoms with Gasteiger partial charge in [-0.2, -0.15) is 0 Å². The molecule has 0 radical (unpaired) electrons. The molecule has 4 heteroatoms. The molecule has 0 amide bonds. The van der Waals surface area contributed by atoms with Gasteiger partial charge in [0.25, 0.3) is 0 Å².